The molecule has 1 aliphatic heterocycles. The number of ether oxygens (including phenoxy) is 1. The Morgan fingerprint density at radius 2 is 2.11 bits per heavy atom. The molecule has 0 spiro atoms. The van der Waals surface area contributed by atoms with Crippen LogP contribution in [0.3, 0.4) is 0 Å². The van der Waals surface area contributed by atoms with Gasteiger partial charge in [0.15, 0.2) is 0 Å². The maximum Gasteiger partial charge on any atom is 0.251 e. The molecule has 18 heavy (non-hydrogen) atoms. The van der Waals surface area contributed by atoms with E-state index >= 15 is 0 Å². The van der Waals surface area contributed by atoms with Crippen molar-refractivity contribution in [3.63, 3.8) is 0 Å². The zero-order chi connectivity index (χ0) is 13.0. The summed E-state index contributed by atoms with van der Waals surface area (Å²) in [5.74, 6) is 0.516. The van der Waals surface area contributed by atoms with Crippen LogP contribution in [0, 0.1) is 5.92 Å². The molecule has 1 aromatic carbocycles. The fraction of sp³-hybridized carbons (Fsp3) is 0.500. The number of benzene rings is 1. The zero-order valence-electron chi connectivity index (χ0n) is 10.9. The molecule has 4 nitrogen and oxygen atoms in total. The monoisotopic (exact) mass is 248 g/mol. The van der Waals surface area contributed by atoms with E-state index < -0.39 is 0 Å². The third-order valence-electron chi connectivity index (χ3n) is 3.44. The Kier molecular flexibility index (Phi) is 4.20. The first-order valence-corrected chi connectivity index (χ1v) is 6.37. The SMILES string of the molecule is CNC(=O)c1ccc(NC(C)C2CCOC2)cc1. The largest absolute Gasteiger partial charge is 0.382 e. The van der Waals surface area contributed by atoms with Crippen molar-refractivity contribution in [1.82, 2.24) is 5.32 Å². The van der Waals surface area contributed by atoms with Crippen molar-refractivity contribution in [3.05, 3.63) is 29.8 Å². The lowest BCUT2D eigenvalue weighted by Gasteiger charge is -2.20. The third-order valence-corrected chi connectivity index (χ3v) is 3.44. The number of carbonyl (C=O) groups excluding carboxylic acids is 1. The predicted octanol–water partition coefficient (Wildman–Crippen LogP) is 1.88. The highest BCUT2D eigenvalue weighted by atomic mass is 16.5. The van der Waals surface area contributed by atoms with Gasteiger partial charge in [0.2, 0.25) is 0 Å². The number of carbonyl (C=O) groups is 1. The Bertz CT molecular complexity index is 397. The fourth-order valence-electron chi connectivity index (χ4n) is 2.19. The highest BCUT2D eigenvalue weighted by molar-refractivity contribution is 5.94. The minimum Gasteiger partial charge on any atom is -0.382 e. The molecular formula is C14H20N2O2. The van der Waals surface area contributed by atoms with Gasteiger partial charge in [-0.1, -0.05) is 0 Å². The lowest BCUT2D eigenvalue weighted by molar-refractivity contribution is 0.0963. The van der Waals surface area contributed by atoms with Gasteiger partial charge in [0.25, 0.3) is 5.91 Å². The van der Waals surface area contributed by atoms with E-state index in [1.54, 1.807) is 7.05 Å². The minimum atomic E-state index is -0.0567. The second kappa shape index (κ2) is 5.87. The molecule has 1 heterocycles. The number of nitrogens with one attached hydrogen (secondary N) is 2. The van der Waals surface area contributed by atoms with Gasteiger partial charge < -0.3 is 15.4 Å². The van der Waals surface area contributed by atoms with Crippen molar-refractivity contribution in [2.45, 2.75) is 19.4 Å². The summed E-state index contributed by atoms with van der Waals surface area (Å²) >= 11 is 0. The van der Waals surface area contributed by atoms with E-state index in [-0.39, 0.29) is 5.91 Å². The molecule has 1 amide bonds. The van der Waals surface area contributed by atoms with Crippen LogP contribution in [0.5, 0.6) is 0 Å². The summed E-state index contributed by atoms with van der Waals surface area (Å²) in [7, 11) is 1.64. The minimum absolute atomic E-state index is 0.0567. The van der Waals surface area contributed by atoms with Crippen LogP contribution in [0.15, 0.2) is 24.3 Å². The highest BCUT2D eigenvalue weighted by Crippen LogP contribution is 2.20. The van der Waals surface area contributed by atoms with Gasteiger partial charge >= 0.3 is 0 Å². The molecule has 2 rings (SSSR count). The first-order chi connectivity index (χ1) is 8.70. The molecule has 98 valence electrons. The maximum absolute atomic E-state index is 11.4. The molecule has 2 N–H and O–H groups in total. The first-order valence-electron chi connectivity index (χ1n) is 6.37. The summed E-state index contributed by atoms with van der Waals surface area (Å²) in [6.07, 6.45) is 1.12. The Morgan fingerprint density at radius 1 is 1.39 bits per heavy atom. The van der Waals surface area contributed by atoms with Crippen LogP contribution in [0.1, 0.15) is 23.7 Å². The van der Waals surface area contributed by atoms with Crippen molar-refractivity contribution < 1.29 is 9.53 Å². The van der Waals surface area contributed by atoms with E-state index in [0.29, 0.717) is 17.5 Å². The summed E-state index contributed by atoms with van der Waals surface area (Å²) in [5, 5.41) is 6.07. The average molecular weight is 248 g/mol. The lowest BCUT2D eigenvalue weighted by Crippen LogP contribution is -2.26. The molecule has 0 aromatic heterocycles. The Hall–Kier alpha value is -1.55. The lowest BCUT2D eigenvalue weighted by atomic mass is 10.0. The van der Waals surface area contributed by atoms with E-state index in [9.17, 15) is 4.79 Å². The summed E-state index contributed by atoms with van der Waals surface area (Å²) in [6, 6.07) is 7.93. The van der Waals surface area contributed by atoms with Crippen molar-refractivity contribution in [2.75, 3.05) is 25.6 Å². The number of rotatable bonds is 4. The van der Waals surface area contributed by atoms with Crippen LogP contribution in [0.25, 0.3) is 0 Å². The van der Waals surface area contributed by atoms with Crippen molar-refractivity contribution in [1.29, 1.82) is 0 Å². The van der Waals surface area contributed by atoms with E-state index in [0.717, 1.165) is 25.3 Å². The number of anilines is 1. The number of hydrogen-bond acceptors (Lipinski definition) is 3. The smallest absolute Gasteiger partial charge is 0.251 e. The quantitative estimate of drug-likeness (QED) is 0.855. The Labute approximate surface area is 108 Å². The molecular weight excluding hydrogens is 228 g/mol. The predicted molar refractivity (Wildman–Crippen MR) is 71.8 cm³/mol. The van der Waals surface area contributed by atoms with Gasteiger partial charge in [-0.05, 0) is 37.6 Å². The normalized spacial score (nSPS) is 20.4. The van der Waals surface area contributed by atoms with Crippen LogP contribution in [-0.2, 0) is 4.74 Å². The molecule has 0 aliphatic carbocycles. The summed E-state index contributed by atoms with van der Waals surface area (Å²) in [4.78, 5) is 11.4. The number of amides is 1. The van der Waals surface area contributed by atoms with Gasteiger partial charge in [-0.25, -0.2) is 0 Å². The Balaban J connectivity index is 1.95. The van der Waals surface area contributed by atoms with E-state index in [2.05, 4.69) is 17.6 Å². The standard InChI is InChI=1S/C14H20N2O2/c1-10(12-7-8-18-9-12)16-13-5-3-11(4-6-13)14(17)15-2/h3-6,10,12,16H,7-9H2,1-2H3,(H,15,17). The molecule has 0 saturated carbocycles. The molecule has 1 fully saturated rings. The van der Waals surface area contributed by atoms with E-state index in [1.165, 1.54) is 0 Å². The second-order valence-electron chi connectivity index (χ2n) is 4.71. The topological polar surface area (TPSA) is 50.4 Å². The van der Waals surface area contributed by atoms with Crippen molar-refractivity contribution in [3.8, 4) is 0 Å². The van der Waals surface area contributed by atoms with Crippen LogP contribution >= 0.6 is 0 Å². The van der Waals surface area contributed by atoms with E-state index in [4.69, 9.17) is 4.74 Å². The summed E-state index contributed by atoms with van der Waals surface area (Å²) in [5.41, 5.74) is 1.72. The summed E-state index contributed by atoms with van der Waals surface area (Å²) in [6.45, 7) is 3.88. The maximum atomic E-state index is 11.4. The summed E-state index contributed by atoms with van der Waals surface area (Å²) < 4.78 is 5.39. The van der Waals surface area contributed by atoms with Gasteiger partial charge in [-0.2, -0.15) is 0 Å². The molecule has 0 radical (unpaired) electrons. The van der Waals surface area contributed by atoms with Gasteiger partial charge in [0.1, 0.15) is 0 Å². The van der Waals surface area contributed by atoms with Crippen LogP contribution < -0.4 is 10.6 Å². The van der Waals surface area contributed by atoms with Gasteiger partial charge in [-0.3, -0.25) is 4.79 Å². The number of hydrogen-bond donors (Lipinski definition) is 2. The van der Waals surface area contributed by atoms with Crippen molar-refractivity contribution >= 4 is 11.6 Å². The van der Waals surface area contributed by atoms with Crippen molar-refractivity contribution in [2.24, 2.45) is 5.92 Å². The molecule has 1 aromatic rings. The molecule has 1 saturated heterocycles. The van der Waals surface area contributed by atoms with Crippen LogP contribution in [0.2, 0.25) is 0 Å². The van der Waals surface area contributed by atoms with Gasteiger partial charge in [0.05, 0.1) is 6.61 Å². The second-order valence-corrected chi connectivity index (χ2v) is 4.71. The van der Waals surface area contributed by atoms with Gasteiger partial charge in [-0.15, -0.1) is 0 Å². The average Bonchev–Trinajstić information content (AvgIpc) is 2.92. The first kappa shape index (κ1) is 12.9. The van der Waals surface area contributed by atoms with Crippen LogP contribution in [0.4, 0.5) is 5.69 Å². The molecule has 2 atom stereocenters. The zero-order valence-corrected chi connectivity index (χ0v) is 10.9. The molecule has 1 aliphatic rings. The molecule has 2 unspecified atom stereocenters. The fourth-order valence-corrected chi connectivity index (χ4v) is 2.19. The third kappa shape index (κ3) is 3.01. The Morgan fingerprint density at radius 3 is 2.67 bits per heavy atom. The van der Waals surface area contributed by atoms with E-state index in [1.807, 2.05) is 24.3 Å². The van der Waals surface area contributed by atoms with Crippen LogP contribution in [-0.4, -0.2) is 32.2 Å². The highest BCUT2D eigenvalue weighted by Gasteiger charge is 2.21. The van der Waals surface area contributed by atoms with Gasteiger partial charge in [0, 0.05) is 36.9 Å². The molecule has 0 bridgehead atoms. The molecule has 4 heteroatoms.